The van der Waals surface area contributed by atoms with Gasteiger partial charge in [-0.05, 0) is 23.8 Å². The Labute approximate surface area is 152 Å². The molecule has 2 rings (SSSR count). The van der Waals surface area contributed by atoms with Gasteiger partial charge in [0.25, 0.3) is 5.88 Å². The van der Waals surface area contributed by atoms with Gasteiger partial charge in [-0.15, -0.1) is 0 Å². The van der Waals surface area contributed by atoms with Crippen LogP contribution in [-0.2, 0) is 15.9 Å². The lowest BCUT2D eigenvalue weighted by atomic mass is 10.2. The number of hydrogen-bond acceptors (Lipinski definition) is 4. The van der Waals surface area contributed by atoms with Gasteiger partial charge in [0, 0.05) is 11.2 Å². The number of benzene rings is 1. The number of rotatable bonds is 4. The zero-order valence-electron chi connectivity index (χ0n) is 10.5. The molecule has 0 unspecified atom stereocenters. The molecule has 0 atom stereocenters. The van der Waals surface area contributed by atoms with E-state index in [1.165, 1.54) is 24.4 Å². The van der Waals surface area contributed by atoms with Gasteiger partial charge in [0.1, 0.15) is 10.8 Å². The van der Waals surface area contributed by atoms with E-state index in [1.54, 1.807) is 0 Å². The van der Waals surface area contributed by atoms with Crippen molar-refractivity contribution in [3.05, 3.63) is 55.1 Å². The van der Waals surface area contributed by atoms with Crippen LogP contribution in [0.1, 0.15) is 5.56 Å². The lowest BCUT2D eigenvalue weighted by Crippen LogP contribution is -2.13. The summed E-state index contributed by atoms with van der Waals surface area (Å²) < 4.78 is 29.0. The largest absolute Gasteiger partial charge is 0.360 e. The summed E-state index contributed by atoms with van der Waals surface area (Å²) in [6, 6.07) is 4.01. The van der Waals surface area contributed by atoms with Crippen molar-refractivity contribution in [3.8, 4) is 5.88 Å². The normalized spacial score (nSPS) is 11.5. The number of aromatic nitrogens is 1. The fourth-order valence-electron chi connectivity index (χ4n) is 1.48. The summed E-state index contributed by atoms with van der Waals surface area (Å²) in [6.07, 6.45) is 1.21. The summed E-state index contributed by atoms with van der Waals surface area (Å²) >= 11 is 29.1. The molecular weight excluding hydrogens is 415 g/mol. The van der Waals surface area contributed by atoms with Gasteiger partial charge in [0.15, 0.2) is 0 Å². The van der Waals surface area contributed by atoms with E-state index in [4.69, 9.17) is 62.2 Å². The second-order valence-corrected chi connectivity index (χ2v) is 7.72. The Hall–Kier alpha value is -0.430. The highest BCUT2D eigenvalue weighted by atomic mass is 35.5. The summed E-state index contributed by atoms with van der Waals surface area (Å²) in [5, 5.41) is 0.769. The highest BCUT2D eigenvalue weighted by molar-refractivity contribution is 7.86. The van der Waals surface area contributed by atoms with E-state index in [0.717, 1.165) is 0 Å². The molecule has 1 aromatic carbocycles. The first-order chi connectivity index (χ1) is 10.2. The van der Waals surface area contributed by atoms with Crippen molar-refractivity contribution in [1.82, 2.24) is 4.98 Å². The van der Waals surface area contributed by atoms with Crippen molar-refractivity contribution in [2.24, 2.45) is 0 Å². The van der Waals surface area contributed by atoms with Crippen molar-refractivity contribution in [1.29, 1.82) is 0 Å². The summed E-state index contributed by atoms with van der Waals surface area (Å²) in [5.74, 6) is -0.800. The van der Waals surface area contributed by atoms with E-state index in [-0.39, 0.29) is 36.6 Å². The predicted octanol–water partition coefficient (Wildman–Crippen LogP) is 5.26. The Morgan fingerprint density at radius 1 is 0.909 bits per heavy atom. The van der Waals surface area contributed by atoms with Crippen LogP contribution in [0.25, 0.3) is 0 Å². The van der Waals surface area contributed by atoms with Crippen LogP contribution in [0.5, 0.6) is 5.88 Å². The molecule has 0 saturated heterocycles. The van der Waals surface area contributed by atoms with Gasteiger partial charge in [0.2, 0.25) is 0 Å². The number of hydrogen-bond donors (Lipinski definition) is 0. The highest BCUT2D eigenvalue weighted by Gasteiger charge is 2.20. The van der Waals surface area contributed by atoms with Crippen molar-refractivity contribution >= 4 is 68.1 Å². The average molecular weight is 422 g/mol. The second kappa shape index (κ2) is 6.99. The minimum Gasteiger partial charge on any atom is -0.360 e. The molecule has 2 aromatic rings. The van der Waals surface area contributed by atoms with Gasteiger partial charge in [-0.3, -0.25) is 0 Å². The SMILES string of the molecule is O=S(=O)(Cc1cc(Cl)c(Cl)cc1Cl)Oc1ncc(Cl)cc1Cl. The molecule has 22 heavy (non-hydrogen) atoms. The lowest BCUT2D eigenvalue weighted by molar-refractivity contribution is 0.475. The van der Waals surface area contributed by atoms with Crippen LogP contribution in [0.4, 0.5) is 0 Å². The summed E-state index contributed by atoms with van der Waals surface area (Å²) in [5.41, 5.74) is 0.237. The maximum absolute atomic E-state index is 12.1. The van der Waals surface area contributed by atoms with Crippen LogP contribution < -0.4 is 4.18 Å². The third-order valence-electron chi connectivity index (χ3n) is 2.40. The molecule has 1 heterocycles. The zero-order valence-corrected chi connectivity index (χ0v) is 15.1. The molecule has 0 aliphatic rings. The third kappa shape index (κ3) is 4.54. The molecule has 0 amide bonds. The molecule has 0 aliphatic heterocycles. The average Bonchev–Trinajstić information content (AvgIpc) is 2.39. The summed E-state index contributed by atoms with van der Waals surface area (Å²) in [4.78, 5) is 3.71. The molecule has 0 N–H and O–H groups in total. The van der Waals surface area contributed by atoms with E-state index in [0.29, 0.717) is 0 Å². The Bertz CT molecular complexity index is 826. The van der Waals surface area contributed by atoms with Crippen LogP contribution in [0.15, 0.2) is 24.4 Å². The quantitative estimate of drug-likeness (QED) is 0.499. The van der Waals surface area contributed by atoms with E-state index in [2.05, 4.69) is 4.98 Å². The molecule has 0 aliphatic carbocycles. The topological polar surface area (TPSA) is 56.3 Å². The Morgan fingerprint density at radius 2 is 1.55 bits per heavy atom. The summed E-state index contributed by atoms with van der Waals surface area (Å²) in [7, 11) is -4.05. The molecule has 0 radical (unpaired) electrons. The van der Waals surface area contributed by atoms with E-state index in [1.807, 2.05) is 0 Å². The molecular formula is C12H6Cl5NO3S. The first-order valence-corrected chi connectivity index (χ1v) is 9.01. The maximum Gasteiger partial charge on any atom is 0.315 e. The minimum absolute atomic E-state index is 0.0312. The minimum atomic E-state index is -4.05. The van der Waals surface area contributed by atoms with Gasteiger partial charge in [-0.2, -0.15) is 8.42 Å². The third-order valence-corrected chi connectivity index (χ3v) is 5.03. The van der Waals surface area contributed by atoms with Crippen molar-refractivity contribution in [3.63, 3.8) is 0 Å². The number of halogens is 5. The van der Waals surface area contributed by atoms with Crippen LogP contribution in [0, 0.1) is 0 Å². The maximum atomic E-state index is 12.1. The smallest absolute Gasteiger partial charge is 0.315 e. The Kier molecular flexibility index (Phi) is 5.69. The molecule has 10 heteroatoms. The molecule has 0 fully saturated rings. The second-order valence-electron chi connectivity index (χ2n) is 4.08. The fourth-order valence-corrected chi connectivity index (χ4v) is 3.71. The standard InChI is InChI=1S/C12H6Cl5NO3S/c13-7-2-11(17)12(18-4-7)21-22(19,20)5-6-1-9(15)10(16)3-8(6)14/h1-4H,5H2. The fraction of sp³-hybridized carbons (Fsp3) is 0.0833. The van der Waals surface area contributed by atoms with Crippen molar-refractivity contribution < 1.29 is 12.6 Å². The molecule has 0 spiro atoms. The number of nitrogens with zero attached hydrogens (tertiary/aromatic N) is 1. The van der Waals surface area contributed by atoms with Crippen LogP contribution in [0.3, 0.4) is 0 Å². The first kappa shape index (κ1) is 17.9. The van der Waals surface area contributed by atoms with Crippen LogP contribution in [0.2, 0.25) is 25.1 Å². The Morgan fingerprint density at radius 3 is 2.18 bits per heavy atom. The van der Waals surface area contributed by atoms with Crippen LogP contribution >= 0.6 is 58.0 Å². The monoisotopic (exact) mass is 419 g/mol. The van der Waals surface area contributed by atoms with Gasteiger partial charge >= 0.3 is 10.1 Å². The molecule has 0 bridgehead atoms. The van der Waals surface area contributed by atoms with E-state index < -0.39 is 15.9 Å². The highest BCUT2D eigenvalue weighted by Crippen LogP contribution is 2.31. The summed E-state index contributed by atoms with van der Waals surface area (Å²) in [6.45, 7) is 0. The van der Waals surface area contributed by atoms with Crippen LogP contribution in [-0.4, -0.2) is 13.4 Å². The van der Waals surface area contributed by atoms with Gasteiger partial charge in [-0.25, -0.2) is 4.98 Å². The number of pyridine rings is 1. The molecule has 1 aromatic heterocycles. The van der Waals surface area contributed by atoms with Crippen molar-refractivity contribution in [2.45, 2.75) is 5.75 Å². The van der Waals surface area contributed by atoms with Gasteiger partial charge in [-0.1, -0.05) is 58.0 Å². The van der Waals surface area contributed by atoms with E-state index in [9.17, 15) is 8.42 Å². The lowest BCUT2D eigenvalue weighted by Gasteiger charge is -2.09. The molecule has 4 nitrogen and oxygen atoms in total. The molecule has 118 valence electrons. The predicted molar refractivity (Wildman–Crippen MR) is 89.0 cm³/mol. The first-order valence-electron chi connectivity index (χ1n) is 5.54. The van der Waals surface area contributed by atoms with Crippen molar-refractivity contribution in [2.75, 3.05) is 0 Å². The van der Waals surface area contributed by atoms with E-state index >= 15 is 0 Å². The zero-order chi connectivity index (χ0) is 16.5. The molecule has 0 saturated carbocycles. The van der Waals surface area contributed by atoms with Gasteiger partial charge in [0.05, 0.1) is 15.1 Å². The van der Waals surface area contributed by atoms with Gasteiger partial charge < -0.3 is 4.18 Å². The Balaban J connectivity index is 2.26.